The van der Waals surface area contributed by atoms with Gasteiger partial charge in [-0.3, -0.25) is 0 Å². The largest absolute Gasteiger partial charge is 0.309 e. The average molecular weight is 772 g/mol. The van der Waals surface area contributed by atoms with E-state index in [1.165, 1.54) is 158 Å². The molecule has 0 aliphatic heterocycles. The number of aromatic nitrogens is 1. The molecule has 0 bridgehead atoms. The molecule has 10 rings (SSSR count). The summed E-state index contributed by atoms with van der Waals surface area (Å²) in [5.41, 5.74) is 15.0. The first-order chi connectivity index (χ1) is 28.5. The molecule has 0 radical (unpaired) electrons. The molecule has 8 aromatic rings. The molecule has 2 fully saturated rings. The summed E-state index contributed by atoms with van der Waals surface area (Å²) in [6, 6.07) is 50.0. The Labute approximate surface area is 352 Å². The van der Waals surface area contributed by atoms with Gasteiger partial charge in [0, 0.05) is 16.5 Å². The maximum absolute atomic E-state index is 2.57. The monoisotopic (exact) mass is 771 g/mol. The molecule has 1 nitrogen and oxygen atoms in total. The van der Waals surface area contributed by atoms with Crippen molar-refractivity contribution >= 4 is 43.4 Å². The average Bonchev–Trinajstić information content (AvgIpc) is 3.58. The zero-order valence-corrected chi connectivity index (χ0v) is 36.3. The molecule has 59 heavy (non-hydrogen) atoms. The minimum Gasteiger partial charge on any atom is -0.309 e. The third kappa shape index (κ3) is 6.89. The quantitative estimate of drug-likeness (QED) is 0.154. The summed E-state index contributed by atoms with van der Waals surface area (Å²) in [6.07, 6.45) is 13.5. The summed E-state index contributed by atoms with van der Waals surface area (Å²) in [5.74, 6) is 1.37. The second-order valence-corrected chi connectivity index (χ2v) is 20.2. The molecule has 1 heterocycles. The lowest BCUT2D eigenvalue weighted by Crippen LogP contribution is -2.16. The Morgan fingerprint density at radius 2 is 0.797 bits per heavy atom. The summed E-state index contributed by atoms with van der Waals surface area (Å²) < 4.78 is 2.54. The number of benzene rings is 7. The van der Waals surface area contributed by atoms with Gasteiger partial charge in [0.15, 0.2) is 0 Å². The highest BCUT2D eigenvalue weighted by Gasteiger charge is 2.25. The Bertz CT molecular complexity index is 2670. The molecule has 0 spiro atoms. The van der Waals surface area contributed by atoms with Crippen LogP contribution in [0.2, 0.25) is 0 Å². The third-order valence-corrected chi connectivity index (χ3v) is 14.3. The number of fused-ring (bicyclic) bond motifs is 5. The van der Waals surface area contributed by atoms with Crippen molar-refractivity contribution in [1.29, 1.82) is 0 Å². The van der Waals surface area contributed by atoms with Crippen molar-refractivity contribution in [3.63, 3.8) is 0 Å². The van der Waals surface area contributed by atoms with Crippen LogP contribution in [0, 0.1) is 0 Å². The molecule has 0 saturated heterocycles. The molecule has 7 aromatic carbocycles. The van der Waals surface area contributed by atoms with E-state index in [4.69, 9.17) is 0 Å². The second-order valence-electron chi connectivity index (χ2n) is 20.2. The van der Waals surface area contributed by atoms with Crippen LogP contribution in [0.5, 0.6) is 0 Å². The lowest BCUT2D eigenvalue weighted by Gasteiger charge is -2.27. The first-order valence-electron chi connectivity index (χ1n) is 22.8. The van der Waals surface area contributed by atoms with Gasteiger partial charge in [0.25, 0.3) is 0 Å². The fourth-order valence-electron chi connectivity index (χ4n) is 10.9. The maximum Gasteiger partial charge on any atom is 0.0541 e. The van der Waals surface area contributed by atoms with Gasteiger partial charge in [-0.15, -0.1) is 0 Å². The predicted octanol–water partition coefficient (Wildman–Crippen LogP) is 17.1. The van der Waals surface area contributed by atoms with Crippen LogP contribution in [-0.4, -0.2) is 4.57 Å². The standard InChI is InChI=1S/C58H61N/c1-57(2,3)44-33-43(34-45(37-44)58(4,5)6)56-49-23-15-13-21-47(49)55(48-22-14-16-24-50(48)56)40-25-29-46(30-26-40)59-53-31-27-41(38-17-9-7-10-18-38)35-51(53)52-36-42(28-32-54(52)59)39-19-11-8-12-20-39/h13-16,21-39H,7-12,17-20H2,1-6H3. The Hall–Kier alpha value is -5.14. The number of hydrogen-bond donors (Lipinski definition) is 0. The van der Waals surface area contributed by atoms with Crippen molar-refractivity contribution < 1.29 is 0 Å². The summed E-state index contributed by atoms with van der Waals surface area (Å²) in [6.45, 7) is 14.0. The zero-order valence-electron chi connectivity index (χ0n) is 36.3. The minimum atomic E-state index is 0.0367. The molecule has 0 amide bonds. The molecule has 2 aliphatic carbocycles. The lowest BCUT2D eigenvalue weighted by atomic mass is 9.77. The summed E-state index contributed by atoms with van der Waals surface area (Å²) in [4.78, 5) is 0. The third-order valence-electron chi connectivity index (χ3n) is 14.3. The molecular formula is C58H61N. The van der Waals surface area contributed by atoms with E-state index in [1.54, 1.807) is 0 Å². The SMILES string of the molecule is CC(C)(C)c1cc(-c2c3ccccc3c(-c3ccc(-n4c5ccc(C6CCCCC6)cc5c5cc(C6CCCCC6)ccc54)cc3)c3ccccc23)cc(C(C)(C)C)c1. The van der Waals surface area contributed by atoms with Gasteiger partial charge in [0.2, 0.25) is 0 Å². The van der Waals surface area contributed by atoms with Crippen LogP contribution >= 0.6 is 0 Å². The van der Waals surface area contributed by atoms with Crippen LogP contribution in [0.4, 0.5) is 0 Å². The van der Waals surface area contributed by atoms with Crippen LogP contribution in [-0.2, 0) is 10.8 Å². The Morgan fingerprint density at radius 1 is 0.390 bits per heavy atom. The maximum atomic E-state index is 2.57. The molecule has 2 aliphatic rings. The van der Waals surface area contributed by atoms with Gasteiger partial charge in [-0.05, 0) is 151 Å². The highest BCUT2D eigenvalue weighted by Crippen LogP contribution is 2.46. The number of nitrogens with zero attached hydrogens (tertiary/aromatic N) is 1. The fraction of sp³-hybridized carbons (Fsp3) is 0.345. The Morgan fingerprint density at radius 3 is 1.20 bits per heavy atom. The van der Waals surface area contributed by atoms with Gasteiger partial charge < -0.3 is 4.57 Å². The minimum absolute atomic E-state index is 0.0367. The predicted molar refractivity (Wildman–Crippen MR) is 256 cm³/mol. The Kier molecular flexibility index (Phi) is 9.58. The van der Waals surface area contributed by atoms with Gasteiger partial charge in [0.05, 0.1) is 11.0 Å². The van der Waals surface area contributed by atoms with Crippen LogP contribution in [0.1, 0.15) is 140 Å². The van der Waals surface area contributed by atoms with E-state index in [2.05, 4.69) is 174 Å². The molecule has 0 unspecified atom stereocenters. The fourth-order valence-corrected chi connectivity index (χ4v) is 10.9. The first kappa shape index (κ1) is 38.1. The molecule has 1 aromatic heterocycles. The van der Waals surface area contributed by atoms with E-state index < -0.39 is 0 Å². The summed E-state index contributed by atoms with van der Waals surface area (Å²) in [5, 5.41) is 8.05. The van der Waals surface area contributed by atoms with E-state index in [-0.39, 0.29) is 10.8 Å². The number of rotatable bonds is 5. The van der Waals surface area contributed by atoms with Gasteiger partial charge in [-0.1, -0.05) is 171 Å². The van der Waals surface area contributed by atoms with Gasteiger partial charge in [-0.25, -0.2) is 0 Å². The number of hydrogen-bond acceptors (Lipinski definition) is 0. The van der Waals surface area contributed by atoms with Crippen molar-refractivity contribution in [2.75, 3.05) is 0 Å². The highest BCUT2D eigenvalue weighted by molar-refractivity contribution is 6.21. The smallest absolute Gasteiger partial charge is 0.0541 e. The molecule has 2 saturated carbocycles. The molecule has 0 atom stereocenters. The van der Waals surface area contributed by atoms with Crippen molar-refractivity contribution in [2.24, 2.45) is 0 Å². The summed E-state index contributed by atoms with van der Waals surface area (Å²) >= 11 is 0. The van der Waals surface area contributed by atoms with E-state index in [9.17, 15) is 0 Å². The zero-order chi connectivity index (χ0) is 40.5. The van der Waals surface area contributed by atoms with Gasteiger partial charge in [0.1, 0.15) is 0 Å². The molecule has 0 N–H and O–H groups in total. The van der Waals surface area contributed by atoms with E-state index >= 15 is 0 Å². The highest BCUT2D eigenvalue weighted by atomic mass is 15.0. The van der Waals surface area contributed by atoms with E-state index in [0.29, 0.717) is 11.8 Å². The first-order valence-corrected chi connectivity index (χ1v) is 22.8. The van der Waals surface area contributed by atoms with Crippen LogP contribution < -0.4 is 0 Å². The normalized spacial score (nSPS) is 16.2. The topological polar surface area (TPSA) is 4.93 Å². The van der Waals surface area contributed by atoms with Gasteiger partial charge >= 0.3 is 0 Å². The van der Waals surface area contributed by atoms with E-state index in [1.807, 2.05) is 0 Å². The van der Waals surface area contributed by atoms with Crippen LogP contribution in [0.3, 0.4) is 0 Å². The van der Waals surface area contributed by atoms with Crippen LogP contribution in [0.15, 0.2) is 127 Å². The van der Waals surface area contributed by atoms with Crippen molar-refractivity contribution in [2.45, 2.75) is 128 Å². The second kappa shape index (κ2) is 14.8. The van der Waals surface area contributed by atoms with Crippen LogP contribution in [0.25, 0.3) is 71.3 Å². The lowest BCUT2D eigenvalue weighted by molar-refractivity contribution is 0.444. The van der Waals surface area contributed by atoms with E-state index in [0.717, 1.165) is 0 Å². The molecular weight excluding hydrogens is 711 g/mol. The van der Waals surface area contributed by atoms with Gasteiger partial charge in [-0.2, -0.15) is 0 Å². The van der Waals surface area contributed by atoms with Crippen molar-refractivity contribution in [3.8, 4) is 27.9 Å². The van der Waals surface area contributed by atoms with Crippen molar-refractivity contribution in [3.05, 3.63) is 150 Å². The molecule has 1 heteroatoms. The summed E-state index contributed by atoms with van der Waals surface area (Å²) in [7, 11) is 0. The Balaban J connectivity index is 1.13. The van der Waals surface area contributed by atoms with Crippen molar-refractivity contribution in [1.82, 2.24) is 4.57 Å². The molecule has 298 valence electrons.